The molecule has 0 amide bonds. The molecule has 0 rings (SSSR count). The van der Waals surface area contributed by atoms with Crippen LogP contribution in [0, 0.1) is 5.41 Å². The first-order valence-electron chi connectivity index (χ1n) is 16.5. The Bertz CT molecular complexity index is 404. The Hall–Kier alpha value is 1.87. The first kappa shape index (κ1) is 37.9. The van der Waals surface area contributed by atoms with Gasteiger partial charge in [0, 0.05) is 0 Å². The molecule has 0 spiro atoms. The molecule has 0 bridgehead atoms. The van der Waals surface area contributed by atoms with E-state index in [2.05, 4.69) is 67.2 Å². The van der Waals surface area contributed by atoms with Crippen molar-refractivity contribution >= 4 is 49.8 Å². The van der Waals surface area contributed by atoms with Gasteiger partial charge in [-0.3, -0.25) is 0 Å². The van der Waals surface area contributed by atoms with E-state index in [-0.39, 0.29) is 0 Å². The van der Waals surface area contributed by atoms with Crippen molar-refractivity contribution in [2.24, 2.45) is 5.41 Å². The Labute approximate surface area is 254 Å². The molecule has 36 heavy (non-hydrogen) atoms. The van der Waals surface area contributed by atoms with Crippen LogP contribution in [0.25, 0.3) is 0 Å². The van der Waals surface area contributed by atoms with E-state index in [1.807, 2.05) is 0 Å². The normalized spacial score (nSPS) is 12.9. The van der Waals surface area contributed by atoms with E-state index in [0.29, 0.717) is 5.41 Å². The van der Waals surface area contributed by atoms with Crippen molar-refractivity contribution in [3.63, 3.8) is 0 Å². The molecule has 0 aromatic carbocycles. The van der Waals surface area contributed by atoms with Gasteiger partial charge in [-0.2, -0.15) is 0 Å². The third kappa shape index (κ3) is 26.1. The first-order valence-corrected chi connectivity index (χ1v) is 25.4. The molecule has 0 unspecified atom stereocenters. The van der Waals surface area contributed by atoms with Crippen LogP contribution in [0.5, 0.6) is 0 Å². The maximum absolute atomic E-state index is 3.74. The minimum atomic E-state index is -1.36. The monoisotopic (exact) mass is 718 g/mol. The molecule has 0 aromatic rings. The van der Waals surface area contributed by atoms with Crippen molar-refractivity contribution in [1.29, 1.82) is 0 Å². The molecular formula is C32H66Br3P. The van der Waals surface area contributed by atoms with Crippen LogP contribution in [0.15, 0.2) is 0 Å². The van der Waals surface area contributed by atoms with Crippen LogP contribution >= 0.6 is 49.8 Å². The SMILES string of the molecule is CCCCCCC(CCCCCC)(CCCCCC)CCCCCCCCCCCCC[PH](Br)(Br)Br. The topological polar surface area (TPSA) is 0 Å². The fourth-order valence-electron chi connectivity index (χ4n) is 5.95. The molecule has 0 saturated heterocycles. The zero-order chi connectivity index (χ0) is 26.8. The van der Waals surface area contributed by atoms with Crippen molar-refractivity contribution < 1.29 is 0 Å². The average Bonchev–Trinajstić information content (AvgIpc) is 2.84. The molecule has 0 heterocycles. The molecular weight excluding hydrogens is 655 g/mol. The second kappa shape index (κ2) is 27.1. The van der Waals surface area contributed by atoms with Crippen LogP contribution in [0.3, 0.4) is 0 Å². The maximum atomic E-state index is 3.74. The second-order valence-electron chi connectivity index (χ2n) is 11.9. The van der Waals surface area contributed by atoms with Gasteiger partial charge >= 0.3 is 127 Å². The summed E-state index contributed by atoms with van der Waals surface area (Å²) >= 11 is 11.2. The van der Waals surface area contributed by atoms with E-state index in [1.165, 1.54) is 180 Å². The van der Waals surface area contributed by atoms with Crippen LogP contribution in [0.4, 0.5) is 0 Å². The van der Waals surface area contributed by atoms with E-state index in [0.717, 1.165) is 0 Å². The summed E-state index contributed by atoms with van der Waals surface area (Å²) in [7, 11) is 0. The van der Waals surface area contributed by atoms with Crippen molar-refractivity contribution in [3.05, 3.63) is 0 Å². The fourth-order valence-corrected chi connectivity index (χ4v) is 9.12. The van der Waals surface area contributed by atoms with Crippen LogP contribution in [0.1, 0.15) is 194 Å². The summed E-state index contributed by atoms with van der Waals surface area (Å²) in [6.07, 6.45) is 40.6. The van der Waals surface area contributed by atoms with E-state index in [4.69, 9.17) is 0 Å². The Balaban J connectivity index is 4.24. The van der Waals surface area contributed by atoms with Crippen molar-refractivity contribution in [1.82, 2.24) is 0 Å². The van der Waals surface area contributed by atoms with E-state index >= 15 is 0 Å². The Morgan fingerprint density at radius 2 is 0.611 bits per heavy atom. The van der Waals surface area contributed by atoms with Gasteiger partial charge < -0.3 is 0 Å². The minimum absolute atomic E-state index is 0.676. The molecule has 0 aliphatic heterocycles. The van der Waals surface area contributed by atoms with Gasteiger partial charge in [-0.05, 0) is 31.1 Å². The number of rotatable bonds is 29. The molecule has 0 atom stereocenters. The molecule has 0 aliphatic rings. The van der Waals surface area contributed by atoms with Crippen LogP contribution in [-0.4, -0.2) is 6.16 Å². The summed E-state index contributed by atoms with van der Waals surface area (Å²) < 4.78 is -1.36. The molecule has 4 heteroatoms. The van der Waals surface area contributed by atoms with Crippen molar-refractivity contribution in [2.45, 2.75) is 194 Å². The van der Waals surface area contributed by atoms with Gasteiger partial charge in [0.1, 0.15) is 0 Å². The zero-order valence-corrected chi connectivity index (χ0v) is 30.7. The molecule has 0 N–H and O–H groups in total. The third-order valence-electron chi connectivity index (χ3n) is 8.35. The first-order chi connectivity index (χ1) is 17.4. The third-order valence-corrected chi connectivity index (χ3v) is 12.8. The molecule has 220 valence electrons. The molecule has 0 aromatic heterocycles. The van der Waals surface area contributed by atoms with E-state index in [1.54, 1.807) is 0 Å². The summed E-state index contributed by atoms with van der Waals surface area (Å²) in [5.74, 6) is 0. The number of hydrogen-bond acceptors (Lipinski definition) is 0. The fraction of sp³-hybridized carbons (Fsp3) is 1.00. The quantitative estimate of drug-likeness (QED) is 0.0533. The molecule has 0 fully saturated rings. The number of unbranched alkanes of at least 4 members (excludes halogenated alkanes) is 19. The number of hydrogen-bond donors (Lipinski definition) is 0. The zero-order valence-electron chi connectivity index (χ0n) is 24.9. The van der Waals surface area contributed by atoms with Crippen LogP contribution in [-0.2, 0) is 0 Å². The molecule has 0 nitrogen and oxygen atoms in total. The Kier molecular flexibility index (Phi) is 28.5. The predicted molar refractivity (Wildman–Crippen MR) is 184 cm³/mol. The van der Waals surface area contributed by atoms with Crippen molar-refractivity contribution in [3.8, 4) is 0 Å². The standard InChI is InChI=1S/C32H66Br3P/c1-4-7-10-22-27-32(28-23-11-8-5-2,29-24-12-9-6-3)30-25-20-18-16-14-13-15-17-19-21-26-31-36(33,34)35/h36H,4-31H2,1-3H3. The molecule has 0 aliphatic carbocycles. The van der Waals surface area contributed by atoms with Crippen molar-refractivity contribution in [2.75, 3.05) is 6.16 Å². The Morgan fingerprint density at radius 1 is 0.361 bits per heavy atom. The second-order valence-corrected chi connectivity index (χ2v) is 35.4. The van der Waals surface area contributed by atoms with Crippen LogP contribution < -0.4 is 0 Å². The van der Waals surface area contributed by atoms with Gasteiger partial charge in [-0.15, -0.1) is 0 Å². The predicted octanol–water partition coefficient (Wildman–Crippen LogP) is 15.2. The summed E-state index contributed by atoms with van der Waals surface area (Å²) in [6.45, 7) is 7.06. The number of halogens is 3. The van der Waals surface area contributed by atoms with Gasteiger partial charge in [0.15, 0.2) is 0 Å². The van der Waals surface area contributed by atoms with Gasteiger partial charge in [0.25, 0.3) is 0 Å². The van der Waals surface area contributed by atoms with Gasteiger partial charge in [0.2, 0.25) is 0 Å². The summed E-state index contributed by atoms with van der Waals surface area (Å²) in [6, 6.07) is 0. The van der Waals surface area contributed by atoms with Crippen LogP contribution in [0.2, 0.25) is 0 Å². The van der Waals surface area contributed by atoms with Gasteiger partial charge in [0.05, 0.1) is 0 Å². The molecule has 0 saturated carbocycles. The average molecular weight is 722 g/mol. The summed E-state index contributed by atoms with van der Waals surface area (Å²) in [4.78, 5) is 0. The van der Waals surface area contributed by atoms with Gasteiger partial charge in [-0.25, -0.2) is 0 Å². The molecule has 0 radical (unpaired) electrons. The van der Waals surface area contributed by atoms with E-state index < -0.39 is 3.37 Å². The Morgan fingerprint density at radius 3 is 0.889 bits per heavy atom. The summed E-state index contributed by atoms with van der Waals surface area (Å²) in [5.41, 5.74) is 0.676. The van der Waals surface area contributed by atoms with E-state index in [9.17, 15) is 0 Å². The summed E-state index contributed by atoms with van der Waals surface area (Å²) in [5, 5.41) is 0. The van der Waals surface area contributed by atoms with Gasteiger partial charge in [-0.1, -0.05) is 97.8 Å².